The number of carbonyl (C=O) groups is 1. The maximum absolute atomic E-state index is 11.6. The van der Waals surface area contributed by atoms with Gasteiger partial charge in [0.25, 0.3) is 0 Å². The summed E-state index contributed by atoms with van der Waals surface area (Å²) < 4.78 is 2.48. The first-order valence-electron chi connectivity index (χ1n) is 6.01. The molecule has 0 saturated carbocycles. The minimum absolute atomic E-state index is 0.243. The highest BCUT2D eigenvalue weighted by atomic mass is 16.1. The van der Waals surface area contributed by atoms with E-state index in [9.17, 15) is 4.79 Å². The van der Waals surface area contributed by atoms with Crippen molar-refractivity contribution < 1.29 is 4.79 Å². The van der Waals surface area contributed by atoms with Crippen molar-refractivity contribution in [3.63, 3.8) is 0 Å². The van der Waals surface area contributed by atoms with Crippen molar-refractivity contribution >= 4 is 5.78 Å². The van der Waals surface area contributed by atoms with Gasteiger partial charge in [-0.25, -0.2) is 0 Å². The number of rotatable bonds is 1. The van der Waals surface area contributed by atoms with Crippen molar-refractivity contribution in [3.8, 4) is 0 Å². The SMILES string of the molecule is CC(=O)c1cc2n3c1CCC[C@H]3CCC2. The number of carbonyl (C=O) groups excluding carboxylic acids is 1. The lowest BCUT2D eigenvalue weighted by Crippen LogP contribution is -2.23. The maximum Gasteiger partial charge on any atom is 0.161 e. The van der Waals surface area contributed by atoms with Crippen LogP contribution in [0.4, 0.5) is 0 Å². The largest absolute Gasteiger partial charge is 0.345 e. The summed E-state index contributed by atoms with van der Waals surface area (Å²) in [5, 5.41) is 0. The van der Waals surface area contributed by atoms with Gasteiger partial charge in [-0.15, -0.1) is 0 Å². The van der Waals surface area contributed by atoms with E-state index < -0.39 is 0 Å². The molecule has 0 unspecified atom stereocenters. The summed E-state index contributed by atoms with van der Waals surface area (Å²) >= 11 is 0. The highest BCUT2D eigenvalue weighted by molar-refractivity contribution is 5.95. The highest BCUT2D eigenvalue weighted by Crippen LogP contribution is 2.37. The lowest BCUT2D eigenvalue weighted by molar-refractivity contribution is 0.101. The predicted molar refractivity (Wildman–Crippen MR) is 59.3 cm³/mol. The topological polar surface area (TPSA) is 22.0 Å². The number of hydrogen-bond donors (Lipinski definition) is 0. The Morgan fingerprint density at radius 3 is 2.80 bits per heavy atom. The van der Waals surface area contributed by atoms with Crippen molar-refractivity contribution in [2.45, 2.75) is 51.5 Å². The molecule has 0 amide bonds. The van der Waals surface area contributed by atoms with Gasteiger partial charge >= 0.3 is 0 Å². The summed E-state index contributed by atoms with van der Waals surface area (Å²) in [5.41, 5.74) is 3.73. The van der Waals surface area contributed by atoms with Gasteiger partial charge in [-0.05, 0) is 51.5 Å². The Morgan fingerprint density at radius 1 is 1.33 bits per heavy atom. The maximum atomic E-state index is 11.6. The fourth-order valence-corrected chi connectivity index (χ4v) is 3.26. The van der Waals surface area contributed by atoms with Gasteiger partial charge in [-0.1, -0.05) is 0 Å². The first-order valence-corrected chi connectivity index (χ1v) is 6.01. The quantitative estimate of drug-likeness (QED) is 0.643. The van der Waals surface area contributed by atoms with Gasteiger partial charge in [0.1, 0.15) is 0 Å². The Hall–Kier alpha value is -1.05. The molecule has 0 aromatic carbocycles. The first kappa shape index (κ1) is 9.20. The number of Topliss-reactive ketones (excluding diaryl/α,β-unsaturated/α-hetero) is 1. The fourth-order valence-electron chi connectivity index (χ4n) is 3.26. The van der Waals surface area contributed by atoms with Crippen LogP contribution in [0, 0.1) is 0 Å². The molecule has 2 aliphatic heterocycles. The predicted octanol–water partition coefficient (Wildman–Crippen LogP) is 2.90. The average Bonchev–Trinajstić information content (AvgIpc) is 2.61. The smallest absolute Gasteiger partial charge is 0.161 e. The van der Waals surface area contributed by atoms with Crippen LogP contribution in [0.1, 0.15) is 60.4 Å². The zero-order chi connectivity index (χ0) is 10.4. The number of aromatic nitrogens is 1. The second kappa shape index (κ2) is 3.22. The zero-order valence-corrected chi connectivity index (χ0v) is 9.25. The molecule has 2 nitrogen and oxygen atoms in total. The molecule has 3 rings (SSSR count). The van der Waals surface area contributed by atoms with Crippen molar-refractivity contribution in [1.29, 1.82) is 0 Å². The molecule has 1 aromatic rings. The van der Waals surface area contributed by atoms with Crippen molar-refractivity contribution in [2.75, 3.05) is 0 Å². The lowest BCUT2D eigenvalue weighted by Gasteiger charge is -2.32. The van der Waals surface area contributed by atoms with Crippen molar-refractivity contribution in [1.82, 2.24) is 4.57 Å². The molecule has 3 heterocycles. The molecule has 1 atom stereocenters. The Morgan fingerprint density at radius 2 is 2.07 bits per heavy atom. The van der Waals surface area contributed by atoms with Crippen LogP contribution < -0.4 is 0 Å². The standard InChI is InChI=1S/C13H17NO/c1-9(15)12-8-11-6-2-4-10-5-3-7-13(12)14(10)11/h8,10H,2-7H2,1H3/t10-/m1/s1. The fraction of sp³-hybridized carbons (Fsp3) is 0.615. The van der Waals surface area contributed by atoms with E-state index in [-0.39, 0.29) is 5.78 Å². The molecule has 0 radical (unpaired) electrons. The van der Waals surface area contributed by atoms with Crippen LogP contribution in [0.3, 0.4) is 0 Å². The Balaban J connectivity index is 2.19. The third-order valence-electron chi connectivity index (χ3n) is 3.89. The minimum atomic E-state index is 0.243. The summed E-state index contributed by atoms with van der Waals surface area (Å²) in [6, 6.07) is 2.85. The number of nitrogens with zero attached hydrogens (tertiary/aromatic N) is 1. The molecule has 1 aromatic heterocycles. The third kappa shape index (κ3) is 1.27. The van der Waals surface area contributed by atoms with E-state index >= 15 is 0 Å². The van der Waals surface area contributed by atoms with E-state index in [1.54, 1.807) is 6.92 Å². The summed E-state index contributed by atoms with van der Waals surface area (Å²) in [6.45, 7) is 1.70. The monoisotopic (exact) mass is 203 g/mol. The second-order valence-electron chi connectivity index (χ2n) is 4.86. The summed E-state index contributed by atoms with van der Waals surface area (Å²) in [6.07, 6.45) is 7.44. The summed E-state index contributed by atoms with van der Waals surface area (Å²) in [7, 11) is 0. The first-order chi connectivity index (χ1) is 7.27. The average molecular weight is 203 g/mol. The van der Waals surface area contributed by atoms with E-state index in [0.717, 1.165) is 18.4 Å². The van der Waals surface area contributed by atoms with Crippen LogP contribution in [0.5, 0.6) is 0 Å². The van der Waals surface area contributed by atoms with Crippen LogP contribution in [0.15, 0.2) is 6.07 Å². The highest BCUT2D eigenvalue weighted by Gasteiger charge is 2.28. The molecule has 2 aliphatic rings. The Labute approximate surface area is 90.3 Å². The third-order valence-corrected chi connectivity index (χ3v) is 3.89. The van der Waals surface area contributed by atoms with Crippen LogP contribution in [-0.2, 0) is 12.8 Å². The molecular weight excluding hydrogens is 186 g/mol. The van der Waals surface area contributed by atoms with E-state index in [2.05, 4.69) is 10.6 Å². The zero-order valence-electron chi connectivity index (χ0n) is 9.25. The Kier molecular flexibility index (Phi) is 1.98. The van der Waals surface area contributed by atoms with Crippen molar-refractivity contribution in [2.24, 2.45) is 0 Å². The van der Waals surface area contributed by atoms with Crippen molar-refractivity contribution in [3.05, 3.63) is 23.0 Å². The van der Waals surface area contributed by atoms with Gasteiger partial charge in [-0.3, -0.25) is 4.79 Å². The number of ketones is 1. The molecule has 0 bridgehead atoms. The lowest BCUT2D eigenvalue weighted by atomic mass is 9.94. The number of hydrogen-bond acceptors (Lipinski definition) is 1. The van der Waals surface area contributed by atoms with Crippen LogP contribution >= 0.6 is 0 Å². The molecule has 0 fully saturated rings. The van der Waals surface area contributed by atoms with Gasteiger partial charge < -0.3 is 4.57 Å². The van der Waals surface area contributed by atoms with Gasteiger partial charge in [0.2, 0.25) is 0 Å². The van der Waals surface area contributed by atoms with Gasteiger partial charge in [0.05, 0.1) is 0 Å². The minimum Gasteiger partial charge on any atom is -0.345 e. The molecule has 0 aliphatic carbocycles. The normalized spacial score (nSPS) is 23.7. The molecule has 15 heavy (non-hydrogen) atoms. The Bertz CT molecular complexity index is 414. The number of aryl methyl sites for hydroxylation is 1. The van der Waals surface area contributed by atoms with Gasteiger partial charge in [-0.2, -0.15) is 0 Å². The van der Waals surface area contributed by atoms with Crippen LogP contribution in [0.25, 0.3) is 0 Å². The van der Waals surface area contributed by atoms with Crippen LogP contribution in [-0.4, -0.2) is 10.4 Å². The second-order valence-corrected chi connectivity index (χ2v) is 4.86. The molecule has 0 N–H and O–H groups in total. The summed E-state index contributed by atoms with van der Waals surface area (Å²) in [5.74, 6) is 0.243. The van der Waals surface area contributed by atoms with E-state index in [4.69, 9.17) is 0 Å². The molecule has 80 valence electrons. The van der Waals surface area contributed by atoms with Gasteiger partial charge in [0, 0.05) is 23.0 Å². The van der Waals surface area contributed by atoms with Crippen LogP contribution in [0.2, 0.25) is 0 Å². The van der Waals surface area contributed by atoms with E-state index in [1.807, 2.05) is 0 Å². The van der Waals surface area contributed by atoms with E-state index in [0.29, 0.717) is 6.04 Å². The molecule has 0 saturated heterocycles. The summed E-state index contributed by atoms with van der Waals surface area (Å²) in [4.78, 5) is 11.6. The van der Waals surface area contributed by atoms with Gasteiger partial charge in [0.15, 0.2) is 5.78 Å². The molecule has 0 spiro atoms. The molecular formula is C13H17NO. The van der Waals surface area contributed by atoms with E-state index in [1.165, 1.54) is 37.1 Å². The molecule has 2 heteroatoms.